The number of aliphatic hydroxyl groups excluding tert-OH is 2. The van der Waals surface area contributed by atoms with Crippen molar-refractivity contribution >= 4 is 36.2 Å². The quantitative estimate of drug-likeness (QED) is 0.428. The lowest BCUT2D eigenvalue weighted by molar-refractivity contribution is -0.0340. The molecule has 2 aromatic heterocycles. The Balaban J connectivity index is 1.97. The van der Waals surface area contributed by atoms with Gasteiger partial charge in [-0.05, 0) is 25.9 Å². The van der Waals surface area contributed by atoms with E-state index in [4.69, 9.17) is 16.2 Å². The summed E-state index contributed by atoms with van der Waals surface area (Å²) in [5.74, 6) is -0.160. The maximum atomic E-state index is 11.9. The summed E-state index contributed by atoms with van der Waals surface area (Å²) in [6, 6.07) is 0. The van der Waals surface area contributed by atoms with E-state index in [0.717, 1.165) is 6.16 Å². The lowest BCUT2D eigenvalue weighted by Crippen LogP contribution is -2.32. The third-order valence-electron chi connectivity index (χ3n) is 4.21. The van der Waals surface area contributed by atoms with Crippen molar-refractivity contribution in [3.63, 3.8) is 0 Å². The van der Waals surface area contributed by atoms with Crippen LogP contribution in [0.4, 0.5) is 11.9 Å². The Bertz CT molecular complexity index is 903. The molecule has 7 N–H and O–H groups in total. The number of H-pyrrole nitrogens is 1. The molecule has 0 aliphatic carbocycles. The normalized spacial score (nSPS) is 27.2. The lowest BCUT2D eigenvalue weighted by Gasteiger charge is -2.19. The van der Waals surface area contributed by atoms with Gasteiger partial charge in [0.1, 0.15) is 12.2 Å². The molecule has 138 valence electrons. The molecule has 0 spiro atoms. The Morgan fingerprint density at radius 2 is 2.00 bits per heavy atom. The van der Waals surface area contributed by atoms with E-state index in [-0.39, 0.29) is 23.1 Å². The first-order valence-corrected chi connectivity index (χ1v) is 10.9. The summed E-state index contributed by atoms with van der Waals surface area (Å²) >= 11 is 0. The zero-order valence-corrected chi connectivity index (χ0v) is 15.0. The van der Waals surface area contributed by atoms with Gasteiger partial charge in [0, 0.05) is 0 Å². The number of fused-ring (bicyclic) bond motifs is 1. The summed E-state index contributed by atoms with van der Waals surface area (Å²) in [4.78, 5) is 22.3. The van der Waals surface area contributed by atoms with Crippen LogP contribution in [0.3, 0.4) is 0 Å². The number of hydrogen-bond donors (Lipinski definition) is 5. The number of ether oxygens (including phenoxy) is 1. The highest BCUT2D eigenvalue weighted by Crippen LogP contribution is 2.40. The molecule has 0 saturated carbocycles. The number of nitrogens with two attached hydrogens (primary N) is 2. The van der Waals surface area contributed by atoms with Crippen molar-refractivity contribution in [3.05, 3.63) is 10.4 Å². The molecule has 4 atom stereocenters. The number of nitrogen functional groups attached to an aromatic ring is 2. The number of aliphatic hydroxyl groups is 2. The molecule has 2 aromatic rings. The Morgan fingerprint density at radius 3 is 2.64 bits per heavy atom. The van der Waals surface area contributed by atoms with Gasteiger partial charge in [-0.2, -0.15) is 4.98 Å². The third-order valence-corrected chi connectivity index (χ3v) is 5.68. The highest BCUT2D eigenvalue weighted by Gasteiger charge is 2.45. The summed E-state index contributed by atoms with van der Waals surface area (Å²) in [5.41, 5.74) is 11.0. The van der Waals surface area contributed by atoms with Crippen LogP contribution in [0.15, 0.2) is 4.79 Å². The standard InChI is InChI=1S/C14H23N6O4P/c1-25(2,3)5-4-6-8(21)9(22)12(24-6)20-10-7(17-14(20)16)11(23)19-13(15)18-10/h6,8-9,12,21-22H,1,4-5H2,2-3H3,(H2,16,17)(H3,15,18,19,23)/t6-,8-,9-,12-/m1/s1. The largest absolute Gasteiger partial charge is 0.388 e. The van der Waals surface area contributed by atoms with Crippen LogP contribution in [-0.2, 0) is 4.74 Å². The predicted molar refractivity (Wildman–Crippen MR) is 98.3 cm³/mol. The summed E-state index contributed by atoms with van der Waals surface area (Å²) in [6.07, 6.45) is 1.59. The third kappa shape index (κ3) is 3.30. The van der Waals surface area contributed by atoms with Gasteiger partial charge in [0.05, 0.1) is 6.10 Å². The number of hydrogen-bond acceptors (Lipinski definition) is 8. The van der Waals surface area contributed by atoms with Gasteiger partial charge in [0.25, 0.3) is 5.56 Å². The molecule has 10 nitrogen and oxygen atoms in total. The molecule has 3 rings (SSSR count). The highest BCUT2D eigenvalue weighted by atomic mass is 31.2. The number of anilines is 2. The molecule has 1 aliphatic heterocycles. The Kier molecular flexibility index (Phi) is 4.40. The molecule has 0 unspecified atom stereocenters. The van der Waals surface area contributed by atoms with Crippen molar-refractivity contribution in [2.75, 3.05) is 31.0 Å². The average Bonchev–Trinajstić information content (AvgIpc) is 2.95. The molecule has 0 radical (unpaired) electrons. The molecule has 1 fully saturated rings. The van der Waals surface area contributed by atoms with E-state index < -0.39 is 37.0 Å². The topological polar surface area (TPSA) is 165 Å². The van der Waals surface area contributed by atoms with Crippen molar-refractivity contribution in [2.24, 2.45) is 0 Å². The highest BCUT2D eigenvalue weighted by molar-refractivity contribution is 7.72. The van der Waals surface area contributed by atoms with Gasteiger partial charge in [-0.15, -0.1) is 13.2 Å². The number of nitrogens with zero attached hydrogens (tertiary/aromatic N) is 3. The molecule has 25 heavy (non-hydrogen) atoms. The van der Waals surface area contributed by atoms with E-state index in [0.29, 0.717) is 6.42 Å². The van der Waals surface area contributed by atoms with Gasteiger partial charge in [-0.3, -0.25) is 14.3 Å². The first-order chi connectivity index (χ1) is 11.6. The van der Waals surface area contributed by atoms with E-state index in [1.807, 2.05) is 0 Å². The van der Waals surface area contributed by atoms with Gasteiger partial charge in [-0.25, -0.2) is 4.98 Å². The van der Waals surface area contributed by atoms with Crippen LogP contribution in [0.1, 0.15) is 12.6 Å². The minimum atomic E-state index is -1.30. The SMILES string of the molecule is C=P(C)(C)CC[C@H]1O[C@@H](n2c(N)nc3c(=O)[nH]c(N)nc32)[C@H](O)[C@@H]1O. The van der Waals surface area contributed by atoms with Crippen molar-refractivity contribution in [1.82, 2.24) is 19.5 Å². The maximum absolute atomic E-state index is 11.9. The summed E-state index contributed by atoms with van der Waals surface area (Å²) in [7, 11) is 0. The van der Waals surface area contributed by atoms with E-state index in [1.54, 1.807) is 0 Å². The molecule has 3 heterocycles. The second-order valence-electron chi connectivity index (χ2n) is 6.96. The molecule has 0 bridgehead atoms. The number of nitrogens with one attached hydrogen (secondary N) is 1. The lowest BCUT2D eigenvalue weighted by atomic mass is 10.1. The Hall–Kier alpha value is -1.87. The summed E-state index contributed by atoms with van der Waals surface area (Å²) in [6.45, 7) is 2.87. The van der Waals surface area contributed by atoms with Crippen LogP contribution < -0.4 is 17.0 Å². The molecule has 11 heteroatoms. The molecule has 0 aromatic carbocycles. The fourth-order valence-corrected chi connectivity index (χ4v) is 3.88. The van der Waals surface area contributed by atoms with Crippen LogP contribution in [-0.4, -0.2) is 73.8 Å². The van der Waals surface area contributed by atoms with E-state index in [2.05, 4.69) is 34.6 Å². The molecule has 1 aliphatic rings. The molecule has 0 amide bonds. The fraction of sp³-hybridized carbons (Fsp3) is 0.571. The van der Waals surface area contributed by atoms with Crippen molar-refractivity contribution in [1.29, 1.82) is 0 Å². The second-order valence-corrected chi connectivity index (χ2v) is 11.3. The van der Waals surface area contributed by atoms with Gasteiger partial charge >= 0.3 is 0 Å². The Labute approximate surface area is 143 Å². The van der Waals surface area contributed by atoms with Gasteiger partial charge < -0.3 is 26.4 Å². The van der Waals surface area contributed by atoms with Gasteiger partial charge in [0.15, 0.2) is 17.4 Å². The minimum absolute atomic E-state index is 0.00902. The molecular weight excluding hydrogens is 347 g/mol. The van der Waals surface area contributed by atoms with Crippen molar-refractivity contribution in [2.45, 2.75) is 31.0 Å². The van der Waals surface area contributed by atoms with Crippen LogP contribution >= 0.6 is 6.89 Å². The minimum Gasteiger partial charge on any atom is -0.388 e. The number of aromatic nitrogens is 4. The number of aromatic amines is 1. The van der Waals surface area contributed by atoms with Crippen molar-refractivity contribution in [3.8, 4) is 0 Å². The second kappa shape index (κ2) is 6.14. The maximum Gasteiger partial charge on any atom is 0.280 e. The van der Waals surface area contributed by atoms with Crippen LogP contribution in [0.2, 0.25) is 0 Å². The molecule has 1 saturated heterocycles. The van der Waals surface area contributed by atoms with Gasteiger partial charge in [0.2, 0.25) is 11.9 Å². The predicted octanol–water partition coefficient (Wildman–Crippen LogP) is -0.997. The van der Waals surface area contributed by atoms with Crippen LogP contribution in [0, 0.1) is 0 Å². The number of imidazole rings is 1. The van der Waals surface area contributed by atoms with Gasteiger partial charge in [-0.1, -0.05) is 0 Å². The average molecular weight is 370 g/mol. The zero-order chi connectivity index (χ0) is 18.5. The monoisotopic (exact) mass is 370 g/mol. The number of rotatable bonds is 4. The van der Waals surface area contributed by atoms with Crippen LogP contribution in [0.25, 0.3) is 11.2 Å². The zero-order valence-electron chi connectivity index (χ0n) is 14.1. The van der Waals surface area contributed by atoms with Crippen LogP contribution in [0.5, 0.6) is 0 Å². The van der Waals surface area contributed by atoms with Crippen molar-refractivity contribution < 1.29 is 14.9 Å². The summed E-state index contributed by atoms with van der Waals surface area (Å²) in [5, 5.41) is 20.7. The first-order valence-electron chi connectivity index (χ1n) is 7.80. The molecular formula is C14H23N6O4P. The fourth-order valence-electron chi connectivity index (χ4n) is 2.93. The van der Waals surface area contributed by atoms with E-state index in [9.17, 15) is 15.0 Å². The first kappa shape index (κ1) is 17.9. The van der Waals surface area contributed by atoms with E-state index in [1.165, 1.54) is 4.57 Å². The van der Waals surface area contributed by atoms with E-state index >= 15 is 0 Å². The summed E-state index contributed by atoms with van der Waals surface area (Å²) < 4.78 is 7.13. The smallest absolute Gasteiger partial charge is 0.280 e. The Morgan fingerprint density at radius 1 is 1.32 bits per heavy atom.